The van der Waals surface area contributed by atoms with Crippen LogP contribution in [-0.2, 0) is 0 Å². The van der Waals surface area contributed by atoms with Gasteiger partial charge >= 0.3 is 0 Å². The Balaban J connectivity index is 1.95. The fourth-order valence-corrected chi connectivity index (χ4v) is 2.16. The van der Waals surface area contributed by atoms with Crippen molar-refractivity contribution in [1.29, 1.82) is 0 Å². The Morgan fingerprint density at radius 3 is 3.07 bits per heavy atom. The van der Waals surface area contributed by atoms with Gasteiger partial charge in [0, 0.05) is 6.20 Å². The van der Waals surface area contributed by atoms with Crippen molar-refractivity contribution in [3.8, 4) is 0 Å². The maximum Gasteiger partial charge on any atom is 0.179 e. The monoisotopic (exact) mass is 203 g/mol. The normalized spacial score (nSPS) is 18.4. The molecule has 0 radical (unpaired) electrons. The van der Waals surface area contributed by atoms with E-state index in [2.05, 4.69) is 33.0 Å². The number of rotatable bonds is 1. The van der Waals surface area contributed by atoms with Gasteiger partial charge in [0.2, 0.25) is 0 Å². The van der Waals surface area contributed by atoms with E-state index >= 15 is 0 Å². The number of nitrogens with zero attached hydrogens (tertiary/aromatic N) is 4. The smallest absolute Gasteiger partial charge is 0.179 e. The van der Waals surface area contributed by atoms with Gasteiger partial charge in [-0.15, -0.1) is 5.10 Å². The van der Waals surface area contributed by atoms with Crippen LogP contribution in [-0.4, -0.2) is 33.1 Å². The van der Waals surface area contributed by atoms with Gasteiger partial charge in [0.15, 0.2) is 5.65 Å². The van der Waals surface area contributed by atoms with Crippen LogP contribution in [0.3, 0.4) is 0 Å². The molecule has 2 aromatic heterocycles. The highest BCUT2D eigenvalue weighted by Crippen LogP contribution is 2.25. The van der Waals surface area contributed by atoms with Crippen LogP contribution in [0.2, 0.25) is 0 Å². The lowest BCUT2D eigenvalue weighted by molar-refractivity contribution is 0.460. The minimum atomic E-state index is 0.660. The molecule has 1 aliphatic heterocycles. The highest BCUT2D eigenvalue weighted by Gasteiger charge is 2.15. The molecule has 3 heterocycles. The molecule has 0 unspecified atom stereocenters. The summed E-state index contributed by atoms with van der Waals surface area (Å²) in [5, 5.41) is 14.8. The van der Waals surface area contributed by atoms with Gasteiger partial charge in [0.1, 0.15) is 0 Å². The summed E-state index contributed by atoms with van der Waals surface area (Å²) in [6.45, 7) is 2.22. The molecule has 0 bridgehead atoms. The molecule has 0 amide bonds. The number of pyridine rings is 1. The molecule has 0 spiro atoms. The quantitative estimate of drug-likeness (QED) is 0.737. The third kappa shape index (κ3) is 1.59. The number of aromatic nitrogens is 4. The number of tetrazole rings is 1. The number of hydrogen-bond acceptors (Lipinski definition) is 4. The van der Waals surface area contributed by atoms with Gasteiger partial charge in [-0.25, -0.2) is 4.52 Å². The first-order chi connectivity index (χ1) is 7.43. The summed E-state index contributed by atoms with van der Waals surface area (Å²) in [7, 11) is 0. The summed E-state index contributed by atoms with van der Waals surface area (Å²) in [5.74, 6) is 0.660. The Labute approximate surface area is 87.5 Å². The molecule has 1 saturated heterocycles. The molecule has 15 heavy (non-hydrogen) atoms. The zero-order valence-corrected chi connectivity index (χ0v) is 8.43. The molecule has 0 aromatic carbocycles. The van der Waals surface area contributed by atoms with E-state index in [-0.39, 0.29) is 0 Å². The summed E-state index contributed by atoms with van der Waals surface area (Å²) in [5.41, 5.74) is 2.20. The lowest BCUT2D eigenvalue weighted by Crippen LogP contribution is -2.26. The Bertz CT molecular complexity index is 458. The first-order valence-electron chi connectivity index (χ1n) is 5.32. The summed E-state index contributed by atoms with van der Waals surface area (Å²) < 4.78 is 1.70. The first-order valence-corrected chi connectivity index (χ1v) is 5.32. The van der Waals surface area contributed by atoms with E-state index in [9.17, 15) is 0 Å². The van der Waals surface area contributed by atoms with Crippen LogP contribution in [0, 0.1) is 0 Å². The van der Waals surface area contributed by atoms with E-state index in [4.69, 9.17) is 0 Å². The van der Waals surface area contributed by atoms with Gasteiger partial charge in [-0.05, 0) is 60.0 Å². The molecule has 1 N–H and O–H groups in total. The van der Waals surface area contributed by atoms with Gasteiger partial charge in [-0.2, -0.15) is 0 Å². The molecule has 5 nitrogen and oxygen atoms in total. The first kappa shape index (κ1) is 8.79. The van der Waals surface area contributed by atoms with Gasteiger partial charge in [-0.1, -0.05) is 0 Å². The SMILES string of the molecule is c1cn2nnnc2cc1C1CCNCC1. The molecule has 0 aliphatic carbocycles. The molecule has 0 atom stereocenters. The highest BCUT2D eigenvalue weighted by atomic mass is 15.5. The van der Waals surface area contributed by atoms with Gasteiger partial charge in [0.25, 0.3) is 0 Å². The van der Waals surface area contributed by atoms with Crippen molar-refractivity contribution < 1.29 is 0 Å². The minimum Gasteiger partial charge on any atom is -0.317 e. The lowest BCUT2D eigenvalue weighted by Gasteiger charge is -2.22. The van der Waals surface area contributed by atoms with Crippen LogP contribution in [0.5, 0.6) is 0 Å². The summed E-state index contributed by atoms with van der Waals surface area (Å²) in [4.78, 5) is 0. The zero-order chi connectivity index (χ0) is 10.1. The predicted molar refractivity (Wildman–Crippen MR) is 55.6 cm³/mol. The van der Waals surface area contributed by atoms with Crippen LogP contribution >= 0.6 is 0 Å². The van der Waals surface area contributed by atoms with Crippen LogP contribution in [0.4, 0.5) is 0 Å². The minimum absolute atomic E-state index is 0.660. The Kier molecular flexibility index (Phi) is 2.10. The topological polar surface area (TPSA) is 55.1 Å². The van der Waals surface area contributed by atoms with Crippen molar-refractivity contribution in [3.05, 3.63) is 23.9 Å². The van der Waals surface area contributed by atoms with Crippen molar-refractivity contribution in [2.24, 2.45) is 0 Å². The number of piperidine rings is 1. The Morgan fingerprint density at radius 1 is 1.33 bits per heavy atom. The highest BCUT2D eigenvalue weighted by molar-refractivity contribution is 5.39. The molecular formula is C10H13N5. The van der Waals surface area contributed by atoms with Crippen molar-refractivity contribution in [2.75, 3.05) is 13.1 Å². The molecule has 5 heteroatoms. The molecule has 1 aliphatic rings. The third-order valence-corrected chi connectivity index (χ3v) is 3.03. The van der Waals surface area contributed by atoms with E-state index < -0.39 is 0 Å². The average Bonchev–Trinajstić information content (AvgIpc) is 2.77. The van der Waals surface area contributed by atoms with Crippen molar-refractivity contribution in [3.63, 3.8) is 0 Å². The summed E-state index contributed by atoms with van der Waals surface area (Å²) in [6, 6.07) is 4.22. The second-order valence-electron chi connectivity index (χ2n) is 3.97. The molecule has 78 valence electrons. The third-order valence-electron chi connectivity index (χ3n) is 3.03. The van der Waals surface area contributed by atoms with Crippen molar-refractivity contribution >= 4 is 5.65 Å². The zero-order valence-electron chi connectivity index (χ0n) is 8.43. The van der Waals surface area contributed by atoms with Crippen LogP contribution in [0.1, 0.15) is 24.3 Å². The van der Waals surface area contributed by atoms with E-state index in [1.807, 2.05) is 6.20 Å². The predicted octanol–water partition coefficient (Wildman–Crippen LogP) is 0.591. The van der Waals surface area contributed by atoms with E-state index in [1.54, 1.807) is 4.52 Å². The van der Waals surface area contributed by atoms with Gasteiger partial charge in [-0.3, -0.25) is 0 Å². The van der Waals surface area contributed by atoms with Crippen LogP contribution in [0.25, 0.3) is 5.65 Å². The van der Waals surface area contributed by atoms with Gasteiger partial charge < -0.3 is 5.32 Å². The second-order valence-corrected chi connectivity index (χ2v) is 3.97. The summed E-state index contributed by atoms with van der Waals surface area (Å²) in [6.07, 6.45) is 4.35. The molecule has 3 rings (SSSR count). The lowest BCUT2D eigenvalue weighted by atomic mass is 9.91. The largest absolute Gasteiger partial charge is 0.317 e. The standard InChI is InChI=1S/C10H13N5/c1-4-11-5-2-8(1)9-3-6-15-10(7-9)12-13-14-15/h3,6-8,11H,1-2,4-5H2. The summed E-state index contributed by atoms with van der Waals surface area (Å²) >= 11 is 0. The Hall–Kier alpha value is -1.49. The van der Waals surface area contributed by atoms with E-state index in [0.29, 0.717) is 5.92 Å². The maximum absolute atomic E-state index is 3.96. The van der Waals surface area contributed by atoms with Gasteiger partial charge in [0.05, 0.1) is 0 Å². The number of nitrogens with one attached hydrogen (secondary N) is 1. The van der Waals surface area contributed by atoms with Crippen LogP contribution < -0.4 is 5.32 Å². The molecular weight excluding hydrogens is 190 g/mol. The second kappa shape index (κ2) is 3.58. The number of hydrogen-bond donors (Lipinski definition) is 1. The van der Waals surface area contributed by atoms with Crippen molar-refractivity contribution in [1.82, 2.24) is 25.4 Å². The fraction of sp³-hybridized carbons (Fsp3) is 0.500. The van der Waals surface area contributed by atoms with E-state index in [1.165, 1.54) is 18.4 Å². The van der Waals surface area contributed by atoms with Crippen molar-refractivity contribution in [2.45, 2.75) is 18.8 Å². The maximum atomic E-state index is 3.96. The number of fused-ring (bicyclic) bond motifs is 1. The van der Waals surface area contributed by atoms with Crippen LogP contribution in [0.15, 0.2) is 18.3 Å². The van der Waals surface area contributed by atoms with E-state index in [0.717, 1.165) is 18.7 Å². The fourth-order valence-electron chi connectivity index (χ4n) is 2.16. The molecule has 1 fully saturated rings. The average molecular weight is 203 g/mol. The molecule has 2 aromatic rings. The Morgan fingerprint density at radius 2 is 2.20 bits per heavy atom. The molecule has 0 saturated carbocycles.